The van der Waals surface area contributed by atoms with Gasteiger partial charge in [0.15, 0.2) is 5.96 Å². The van der Waals surface area contributed by atoms with Gasteiger partial charge in [-0.15, -0.1) is 24.0 Å². The molecule has 1 amide bonds. The third-order valence-electron chi connectivity index (χ3n) is 4.51. The molecule has 0 saturated carbocycles. The first-order chi connectivity index (χ1) is 13.6. The van der Waals surface area contributed by atoms with Crippen molar-refractivity contribution in [3.63, 3.8) is 0 Å². The second-order valence-corrected chi connectivity index (χ2v) is 6.58. The highest BCUT2D eigenvalue weighted by molar-refractivity contribution is 14.0. The molecular formula is C21H26FIN4O2. The van der Waals surface area contributed by atoms with Crippen molar-refractivity contribution in [1.29, 1.82) is 0 Å². The minimum Gasteiger partial charge on any atom is -0.490 e. The maximum absolute atomic E-state index is 13.2. The smallest absolute Gasteiger partial charge is 0.243 e. The van der Waals surface area contributed by atoms with E-state index < -0.39 is 0 Å². The highest BCUT2D eigenvalue weighted by Crippen LogP contribution is 2.18. The molecule has 0 aromatic heterocycles. The molecule has 1 aliphatic rings. The van der Waals surface area contributed by atoms with Crippen LogP contribution < -0.4 is 15.4 Å². The molecule has 0 unspecified atom stereocenters. The van der Waals surface area contributed by atoms with Gasteiger partial charge in [-0.3, -0.25) is 9.79 Å². The first-order valence-corrected chi connectivity index (χ1v) is 9.37. The fraction of sp³-hybridized carbons (Fsp3) is 0.333. The molecule has 0 aliphatic carbocycles. The largest absolute Gasteiger partial charge is 0.490 e. The van der Waals surface area contributed by atoms with Crippen LogP contribution in [0.25, 0.3) is 0 Å². The van der Waals surface area contributed by atoms with E-state index in [-0.39, 0.29) is 48.3 Å². The van der Waals surface area contributed by atoms with Crippen molar-refractivity contribution in [2.45, 2.75) is 18.9 Å². The molecule has 3 rings (SSSR count). The monoisotopic (exact) mass is 512 g/mol. The van der Waals surface area contributed by atoms with Crippen molar-refractivity contribution >= 4 is 41.5 Å². The number of guanidine groups is 1. The summed E-state index contributed by atoms with van der Waals surface area (Å²) in [6.45, 7) is 1.65. The fourth-order valence-corrected chi connectivity index (χ4v) is 3.14. The summed E-state index contributed by atoms with van der Waals surface area (Å²) in [4.78, 5) is 18.5. The predicted octanol–water partition coefficient (Wildman–Crippen LogP) is 3.50. The number of nitrogens with one attached hydrogen (secondary N) is 2. The fourth-order valence-electron chi connectivity index (χ4n) is 3.14. The summed E-state index contributed by atoms with van der Waals surface area (Å²) in [6, 6.07) is 15.6. The van der Waals surface area contributed by atoms with Crippen molar-refractivity contribution in [3.8, 4) is 5.75 Å². The number of hydrogen-bond acceptors (Lipinski definition) is 3. The number of piperidine rings is 1. The Morgan fingerprint density at radius 2 is 1.90 bits per heavy atom. The van der Waals surface area contributed by atoms with E-state index in [9.17, 15) is 9.18 Å². The van der Waals surface area contributed by atoms with Crippen molar-refractivity contribution in [2.75, 3.05) is 32.0 Å². The van der Waals surface area contributed by atoms with Crippen LogP contribution in [0.5, 0.6) is 5.75 Å². The van der Waals surface area contributed by atoms with E-state index in [1.807, 2.05) is 30.3 Å². The highest BCUT2D eigenvalue weighted by atomic mass is 127. The standard InChI is InChI=1S/C21H25FN4O2.HI/c1-23-21(24-15-20(27)25-17-7-5-6-16(22)14-17)26-12-10-19(11-13-26)28-18-8-3-2-4-9-18;/h2-9,14,19H,10-13,15H2,1H3,(H,23,24)(H,25,27);1H. The van der Waals surface area contributed by atoms with Crippen molar-refractivity contribution in [2.24, 2.45) is 4.99 Å². The Balaban J connectivity index is 0.00000300. The van der Waals surface area contributed by atoms with Crippen LogP contribution in [0, 0.1) is 5.82 Å². The van der Waals surface area contributed by atoms with Gasteiger partial charge in [0.2, 0.25) is 5.91 Å². The lowest BCUT2D eigenvalue weighted by Crippen LogP contribution is -2.49. The number of likely N-dealkylation sites (tertiary alicyclic amines) is 1. The van der Waals surface area contributed by atoms with E-state index in [1.54, 1.807) is 19.2 Å². The van der Waals surface area contributed by atoms with Gasteiger partial charge >= 0.3 is 0 Å². The zero-order valence-corrected chi connectivity index (χ0v) is 18.6. The molecule has 0 bridgehead atoms. The van der Waals surface area contributed by atoms with Gasteiger partial charge in [0.05, 0.1) is 6.54 Å². The van der Waals surface area contributed by atoms with Gasteiger partial charge in [-0.05, 0) is 30.3 Å². The molecule has 1 heterocycles. The van der Waals surface area contributed by atoms with Crippen LogP contribution in [-0.2, 0) is 4.79 Å². The van der Waals surface area contributed by atoms with E-state index in [2.05, 4.69) is 20.5 Å². The van der Waals surface area contributed by atoms with Crippen LogP contribution in [0.4, 0.5) is 10.1 Å². The number of nitrogens with zero attached hydrogens (tertiary/aromatic N) is 2. The molecule has 1 aliphatic heterocycles. The molecule has 0 radical (unpaired) electrons. The number of aliphatic imine (C=N–C) groups is 1. The zero-order chi connectivity index (χ0) is 19.8. The summed E-state index contributed by atoms with van der Waals surface area (Å²) < 4.78 is 19.2. The lowest BCUT2D eigenvalue weighted by molar-refractivity contribution is -0.115. The lowest BCUT2D eigenvalue weighted by Gasteiger charge is -2.34. The Morgan fingerprint density at radius 3 is 2.55 bits per heavy atom. The van der Waals surface area contributed by atoms with Crippen LogP contribution in [0.3, 0.4) is 0 Å². The second kappa shape index (κ2) is 11.6. The van der Waals surface area contributed by atoms with Gasteiger partial charge in [-0.2, -0.15) is 0 Å². The number of para-hydroxylation sites is 1. The number of carbonyl (C=O) groups excluding carboxylic acids is 1. The molecule has 2 aromatic rings. The number of ether oxygens (including phenoxy) is 1. The molecule has 0 atom stereocenters. The molecule has 6 nitrogen and oxygen atoms in total. The molecule has 1 saturated heterocycles. The van der Waals surface area contributed by atoms with Crippen molar-refractivity contribution < 1.29 is 13.9 Å². The third-order valence-corrected chi connectivity index (χ3v) is 4.51. The molecule has 1 fully saturated rings. The van der Waals surface area contributed by atoms with Crippen LogP contribution in [0.2, 0.25) is 0 Å². The summed E-state index contributed by atoms with van der Waals surface area (Å²) in [7, 11) is 1.69. The minimum absolute atomic E-state index is 0. The maximum Gasteiger partial charge on any atom is 0.243 e. The molecular weight excluding hydrogens is 486 g/mol. The zero-order valence-electron chi connectivity index (χ0n) is 16.3. The summed E-state index contributed by atoms with van der Waals surface area (Å²) in [5.41, 5.74) is 0.431. The normalized spacial score (nSPS) is 14.7. The maximum atomic E-state index is 13.2. The van der Waals surface area contributed by atoms with E-state index in [0.29, 0.717) is 11.6 Å². The van der Waals surface area contributed by atoms with Gasteiger partial charge in [-0.25, -0.2) is 4.39 Å². The average Bonchev–Trinajstić information content (AvgIpc) is 2.70. The van der Waals surface area contributed by atoms with Crippen molar-refractivity contribution in [3.05, 3.63) is 60.4 Å². The number of anilines is 1. The van der Waals surface area contributed by atoms with E-state index >= 15 is 0 Å². The van der Waals surface area contributed by atoms with Crippen molar-refractivity contribution in [1.82, 2.24) is 10.2 Å². The Labute approximate surface area is 187 Å². The Kier molecular flexibility index (Phi) is 9.17. The molecule has 29 heavy (non-hydrogen) atoms. The quantitative estimate of drug-likeness (QED) is 0.366. The van der Waals surface area contributed by atoms with Crippen LogP contribution >= 0.6 is 24.0 Å². The van der Waals surface area contributed by atoms with Crippen LogP contribution in [0.15, 0.2) is 59.6 Å². The lowest BCUT2D eigenvalue weighted by atomic mass is 10.1. The van der Waals surface area contributed by atoms with Crippen LogP contribution in [-0.4, -0.2) is 49.6 Å². The summed E-state index contributed by atoms with van der Waals surface area (Å²) >= 11 is 0. The SMILES string of the molecule is CN=C(NCC(=O)Nc1cccc(F)c1)N1CCC(Oc2ccccc2)CC1.I. The topological polar surface area (TPSA) is 66.0 Å². The third kappa shape index (κ3) is 7.19. The second-order valence-electron chi connectivity index (χ2n) is 6.58. The Bertz CT molecular complexity index is 811. The van der Waals surface area contributed by atoms with Gasteiger partial charge in [-0.1, -0.05) is 24.3 Å². The first kappa shape index (κ1) is 22.9. The van der Waals surface area contributed by atoms with E-state index in [1.165, 1.54) is 12.1 Å². The van der Waals surface area contributed by atoms with E-state index in [4.69, 9.17) is 4.74 Å². The number of amides is 1. The molecule has 156 valence electrons. The van der Waals surface area contributed by atoms with Gasteiger partial charge in [0, 0.05) is 38.7 Å². The Morgan fingerprint density at radius 1 is 1.17 bits per heavy atom. The average molecular weight is 512 g/mol. The summed E-state index contributed by atoms with van der Waals surface area (Å²) in [6.07, 6.45) is 1.93. The molecule has 8 heteroatoms. The summed E-state index contributed by atoms with van der Waals surface area (Å²) in [5, 5.41) is 5.73. The number of benzene rings is 2. The van der Waals surface area contributed by atoms with Gasteiger partial charge in [0.1, 0.15) is 17.7 Å². The number of hydrogen-bond donors (Lipinski definition) is 2. The molecule has 2 aromatic carbocycles. The van der Waals surface area contributed by atoms with Gasteiger partial charge in [0.25, 0.3) is 0 Å². The van der Waals surface area contributed by atoms with Gasteiger partial charge < -0.3 is 20.3 Å². The number of halogens is 2. The summed E-state index contributed by atoms with van der Waals surface area (Å²) in [5.74, 6) is 0.918. The molecule has 2 N–H and O–H groups in total. The Hall–Kier alpha value is -2.36. The minimum atomic E-state index is -0.387. The first-order valence-electron chi connectivity index (χ1n) is 9.37. The molecule has 0 spiro atoms. The van der Waals surface area contributed by atoms with Crippen LogP contribution in [0.1, 0.15) is 12.8 Å². The number of rotatable bonds is 5. The number of carbonyl (C=O) groups is 1. The predicted molar refractivity (Wildman–Crippen MR) is 123 cm³/mol. The van der Waals surface area contributed by atoms with E-state index in [0.717, 1.165) is 31.7 Å². The highest BCUT2D eigenvalue weighted by Gasteiger charge is 2.23.